The van der Waals surface area contributed by atoms with Crippen molar-refractivity contribution in [2.75, 3.05) is 5.01 Å². The fraction of sp³-hybridized carbons (Fsp3) is 0. The second-order valence-corrected chi connectivity index (χ2v) is 4.89. The number of hydrogen-bond donors (Lipinski definition) is 1. The summed E-state index contributed by atoms with van der Waals surface area (Å²) in [5.41, 5.74) is -0.695. The molecule has 10 heteroatoms. The summed E-state index contributed by atoms with van der Waals surface area (Å²) in [7, 11) is 0. The molecule has 0 saturated heterocycles. The molecule has 2 rings (SSSR count). The molecule has 8 nitrogen and oxygen atoms in total. The Morgan fingerprint density at radius 2 is 2.00 bits per heavy atom. The van der Waals surface area contributed by atoms with Gasteiger partial charge < -0.3 is 0 Å². The third kappa shape index (κ3) is 1.78. The SMILES string of the molecule is NN1C(=O)C(=O)[N]c2c1cc(Br)c(Br)c2[N+](=O)[O-]. The number of halogens is 2. The first kappa shape index (κ1) is 12.9. The van der Waals surface area contributed by atoms with Gasteiger partial charge in [0.25, 0.3) is 0 Å². The van der Waals surface area contributed by atoms with E-state index in [9.17, 15) is 19.7 Å². The van der Waals surface area contributed by atoms with Gasteiger partial charge in [0.05, 0.1) is 10.6 Å². The molecular weight excluding hydrogens is 376 g/mol. The molecule has 93 valence electrons. The predicted octanol–water partition coefficient (Wildman–Crippen LogP) is 1.10. The van der Waals surface area contributed by atoms with Crippen LogP contribution < -0.4 is 16.2 Å². The molecule has 0 aromatic heterocycles. The zero-order valence-corrected chi connectivity index (χ0v) is 11.6. The van der Waals surface area contributed by atoms with Crippen LogP contribution in [0.15, 0.2) is 15.0 Å². The normalized spacial score (nSPS) is 14.3. The Labute approximate surface area is 116 Å². The van der Waals surface area contributed by atoms with Crippen LogP contribution in [0.25, 0.3) is 0 Å². The topological polar surface area (TPSA) is 121 Å². The lowest BCUT2D eigenvalue weighted by Crippen LogP contribution is -2.48. The van der Waals surface area contributed by atoms with Gasteiger partial charge in [0, 0.05) is 4.47 Å². The summed E-state index contributed by atoms with van der Waals surface area (Å²) in [5, 5.41) is 14.9. The van der Waals surface area contributed by atoms with E-state index in [2.05, 4.69) is 37.2 Å². The number of benzene rings is 1. The molecule has 0 unspecified atom stereocenters. The maximum atomic E-state index is 11.3. The summed E-state index contributed by atoms with van der Waals surface area (Å²) in [6.45, 7) is 0. The van der Waals surface area contributed by atoms with Crippen molar-refractivity contribution in [1.82, 2.24) is 5.32 Å². The summed E-state index contributed by atoms with van der Waals surface area (Å²) in [6, 6.07) is 1.36. The Morgan fingerprint density at radius 1 is 1.39 bits per heavy atom. The predicted molar refractivity (Wildman–Crippen MR) is 67.0 cm³/mol. The van der Waals surface area contributed by atoms with Crippen LogP contribution >= 0.6 is 31.9 Å². The smallest absolute Gasteiger partial charge is 0.261 e. The van der Waals surface area contributed by atoms with Gasteiger partial charge in [-0.1, -0.05) is 0 Å². The van der Waals surface area contributed by atoms with Gasteiger partial charge in [0.1, 0.15) is 4.47 Å². The third-order valence-corrected chi connectivity index (χ3v) is 4.17. The molecule has 0 fully saturated rings. The number of nitro groups is 1. The first-order chi connectivity index (χ1) is 8.34. The van der Waals surface area contributed by atoms with E-state index in [0.717, 1.165) is 0 Å². The van der Waals surface area contributed by atoms with Gasteiger partial charge in [-0.2, -0.15) is 5.32 Å². The minimum atomic E-state index is -1.15. The average molecular weight is 379 g/mol. The highest BCUT2D eigenvalue weighted by Gasteiger charge is 2.38. The fourth-order valence-corrected chi connectivity index (χ4v) is 2.26. The molecule has 2 amide bonds. The van der Waals surface area contributed by atoms with E-state index in [1.807, 2.05) is 0 Å². The maximum Gasteiger partial charge on any atom is 0.337 e. The maximum absolute atomic E-state index is 11.3. The number of carbonyl (C=O) groups is 2. The Morgan fingerprint density at radius 3 is 2.56 bits per heavy atom. The molecule has 1 aliphatic rings. The van der Waals surface area contributed by atoms with Crippen LogP contribution in [-0.4, -0.2) is 16.7 Å². The first-order valence-electron chi connectivity index (χ1n) is 4.35. The molecule has 0 saturated carbocycles. The minimum Gasteiger partial charge on any atom is -0.261 e. The Kier molecular flexibility index (Phi) is 3.09. The van der Waals surface area contributed by atoms with E-state index in [0.29, 0.717) is 9.48 Å². The number of hydrogen-bond acceptors (Lipinski definition) is 5. The van der Waals surface area contributed by atoms with E-state index in [1.54, 1.807) is 0 Å². The number of nitrogens with two attached hydrogens (primary N) is 1. The number of nitrogens with zero attached hydrogens (tertiary/aromatic N) is 3. The Hall–Kier alpha value is -1.52. The monoisotopic (exact) mass is 377 g/mol. The molecule has 1 aliphatic heterocycles. The molecule has 0 aliphatic carbocycles. The number of nitro benzene ring substituents is 1. The van der Waals surface area contributed by atoms with Crippen LogP contribution in [0.4, 0.5) is 17.1 Å². The highest BCUT2D eigenvalue weighted by atomic mass is 79.9. The first-order valence-corrected chi connectivity index (χ1v) is 5.94. The molecule has 1 heterocycles. The van der Waals surface area contributed by atoms with Gasteiger partial charge in [-0.3, -0.25) is 19.7 Å². The minimum absolute atomic E-state index is 0.0126. The van der Waals surface area contributed by atoms with Crippen LogP contribution in [0.5, 0.6) is 0 Å². The van der Waals surface area contributed by atoms with Crippen LogP contribution in [0.2, 0.25) is 0 Å². The molecular formula is C8H3Br2N4O4. The number of fused-ring (bicyclic) bond motifs is 1. The standard InChI is InChI=1S/C8H3Br2N4O4/c9-2-1-3-5(6(4(2)10)14(17)18)12-7(15)8(16)13(3)11/h1H,11H2. The summed E-state index contributed by atoms with van der Waals surface area (Å²) < 4.78 is 0.436. The largest absolute Gasteiger partial charge is 0.337 e. The van der Waals surface area contributed by atoms with Gasteiger partial charge in [-0.05, 0) is 37.9 Å². The van der Waals surface area contributed by atoms with Crippen LogP contribution in [0.3, 0.4) is 0 Å². The molecule has 2 N–H and O–H groups in total. The number of carbonyl (C=O) groups excluding carboxylic acids is 2. The average Bonchev–Trinajstić information content (AvgIpc) is 2.29. The van der Waals surface area contributed by atoms with Gasteiger partial charge in [0.2, 0.25) is 0 Å². The molecule has 0 bridgehead atoms. The summed E-state index contributed by atoms with van der Waals surface area (Å²) in [6.07, 6.45) is 0. The summed E-state index contributed by atoms with van der Waals surface area (Å²) >= 11 is 6.10. The van der Waals surface area contributed by atoms with Gasteiger partial charge in [0.15, 0.2) is 5.69 Å². The van der Waals surface area contributed by atoms with Crippen molar-refractivity contribution in [1.29, 1.82) is 0 Å². The number of anilines is 1. The van der Waals surface area contributed by atoms with Crippen molar-refractivity contribution >= 4 is 60.7 Å². The molecule has 0 spiro atoms. The molecule has 0 atom stereocenters. The number of hydrazine groups is 1. The highest BCUT2D eigenvalue weighted by Crippen LogP contribution is 2.45. The second-order valence-electron chi connectivity index (χ2n) is 3.24. The lowest BCUT2D eigenvalue weighted by molar-refractivity contribution is -0.385. The fourth-order valence-electron chi connectivity index (χ4n) is 1.41. The molecule has 1 aromatic rings. The van der Waals surface area contributed by atoms with E-state index in [-0.39, 0.29) is 15.8 Å². The van der Waals surface area contributed by atoms with Crippen LogP contribution in [0.1, 0.15) is 0 Å². The van der Waals surface area contributed by atoms with Gasteiger partial charge in [-0.15, -0.1) is 0 Å². The molecule has 18 heavy (non-hydrogen) atoms. The second kappa shape index (κ2) is 4.30. The number of amides is 2. The van der Waals surface area contributed by atoms with E-state index in [4.69, 9.17) is 5.84 Å². The van der Waals surface area contributed by atoms with Crippen molar-refractivity contribution < 1.29 is 14.5 Å². The van der Waals surface area contributed by atoms with Gasteiger partial charge in [-0.25, -0.2) is 10.9 Å². The van der Waals surface area contributed by atoms with Gasteiger partial charge >= 0.3 is 17.5 Å². The lowest BCUT2D eigenvalue weighted by atomic mass is 10.2. The molecule has 1 radical (unpaired) electrons. The van der Waals surface area contributed by atoms with Crippen molar-refractivity contribution in [2.45, 2.75) is 0 Å². The van der Waals surface area contributed by atoms with Crippen molar-refractivity contribution in [3.8, 4) is 0 Å². The summed E-state index contributed by atoms with van der Waals surface area (Å²) in [5.74, 6) is 3.21. The zero-order chi connectivity index (χ0) is 13.6. The molecule has 1 aromatic carbocycles. The van der Waals surface area contributed by atoms with E-state index in [1.165, 1.54) is 6.07 Å². The Balaban J connectivity index is 2.79. The number of rotatable bonds is 1. The van der Waals surface area contributed by atoms with Crippen molar-refractivity contribution in [3.63, 3.8) is 0 Å². The van der Waals surface area contributed by atoms with E-state index < -0.39 is 22.4 Å². The highest BCUT2D eigenvalue weighted by molar-refractivity contribution is 9.13. The third-order valence-electron chi connectivity index (χ3n) is 2.21. The van der Waals surface area contributed by atoms with Crippen molar-refractivity contribution in [3.05, 3.63) is 25.1 Å². The quantitative estimate of drug-likeness (QED) is 0.258. The van der Waals surface area contributed by atoms with E-state index >= 15 is 0 Å². The zero-order valence-electron chi connectivity index (χ0n) is 8.39. The summed E-state index contributed by atoms with van der Waals surface area (Å²) in [4.78, 5) is 32.8. The van der Waals surface area contributed by atoms with Crippen molar-refractivity contribution in [2.24, 2.45) is 5.84 Å². The van der Waals surface area contributed by atoms with Crippen LogP contribution in [-0.2, 0) is 9.59 Å². The lowest BCUT2D eigenvalue weighted by Gasteiger charge is -2.23. The Bertz CT molecular complexity index is 603. The van der Waals surface area contributed by atoms with Crippen LogP contribution in [0, 0.1) is 10.1 Å².